The Kier molecular flexibility index (Phi) is 2.92. The summed E-state index contributed by atoms with van der Waals surface area (Å²) in [6.45, 7) is 3.51. The summed E-state index contributed by atoms with van der Waals surface area (Å²) < 4.78 is 4.30. The van der Waals surface area contributed by atoms with Crippen LogP contribution in [0.25, 0.3) is 0 Å². The van der Waals surface area contributed by atoms with Crippen LogP contribution in [0.4, 0.5) is 0 Å². The summed E-state index contributed by atoms with van der Waals surface area (Å²) in [5.41, 5.74) is 0. The Labute approximate surface area is 80.0 Å². The van der Waals surface area contributed by atoms with Crippen LogP contribution in [0.2, 0.25) is 0 Å². The number of hydrogen-bond acceptors (Lipinski definition) is 5. The average molecular weight is 205 g/mol. The first kappa shape index (κ1) is 10.5. The highest BCUT2D eigenvalue weighted by molar-refractivity contribution is 8.14. The lowest BCUT2D eigenvalue weighted by molar-refractivity contribution is -0.529. The van der Waals surface area contributed by atoms with Gasteiger partial charge in [-0.2, -0.15) is 0 Å². The van der Waals surface area contributed by atoms with Gasteiger partial charge in [-0.1, -0.05) is 11.8 Å². The van der Waals surface area contributed by atoms with Crippen molar-refractivity contribution in [3.63, 3.8) is 0 Å². The van der Waals surface area contributed by atoms with Crippen LogP contribution in [0.3, 0.4) is 0 Å². The third kappa shape index (κ3) is 2.00. The smallest absolute Gasteiger partial charge is 0.229 e. The van der Waals surface area contributed by atoms with Crippen molar-refractivity contribution in [2.45, 2.75) is 24.6 Å². The lowest BCUT2D eigenvalue weighted by Gasteiger charge is -2.39. The molecule has 0 spiro atoms. The van der Waals surface area contributed by atoms with Crippen molar-refractivity contribution >= 4 is 16.9 Å². The zero-order chi connectivity index (χ0) is 10.1. The summed E-state index contributed by atoms with van der Waals surface area (Å²) in [4.78, 5) is 21.0. The average Bonchev–Trinajstić information content (AvgIpc) is 1.95. The second-order valence-corrected chi connectivity index (χ2v) is 4.70. The van der Waals surface area contributed by atoms with Crippen molar-refractivity contribution in [3.05, 3.63) is 10.1 Å². The molecule has 74 valence electrons. The Morgan fingerprint density at radius 2 is 2.23 bits per heavy atom. The molecular formula is C7H11NO4S. The highest BCUT2D eigenvalue weighted by atomic mass is 32.2. The SMILES string of the molecule is CC(=O)SC1([C@@H](C)[N+](=O)[O-])COC1. The minimum Gasteiger partial charge on any atom is -0.378 e. The fourth-order valence-corrected chi connectivity index (χ4v) is 2.28. The van der Waals surface area contributed by atoms with Crippen LogP contribution >= 0.6 is 11.8 Å². The molecular weight excluding hydrogens is 194 g/mol. The van der Waals surface area contributed by atoms with Crippen LogP contribution in [-0.4, -0.2) is 34.0 Å². The van der Waals surface area contributed by atoms with Crippen molar-refractivity contribution in [1.29, 1.82) is 0 Å². The number of hydrogen-bond donors (Lipinski definition) is 0. The molecule has 0 N–H and O–H groups in total. The van der Waals surface area contributed by atoms with E-state index in [1.807, 2.05) is 0 Å². The lowest BCUT2D eigenvalue weighted by atomic mass is 9.99. The van der Waals surface area contributed by atoms with E-state index < -0.39 is 10.8 Å². The maximum absolute atomic E-state index is 10.9. The van der Waals surface area contributed by atoms with E-state index in [9.17, 15) is 14.9 Å². The Morgan fingerprint density at radius 1 is 1.69 bits per heavy atom. The Balaban J connectivity index is 2.69. The molecule has 1 aliphatic heterocycles. The van der Waals surface area contributed by atoms with E-state index in [2.05, 4.69) is 0 Å². The molecule has 0 aliphatic carbocycles. The molecule has 1 rings (SSSR count). The molecule has 0 aromatic carbocycles. The highest BCUT2D eigenvalue weighted by Crippen LogP contribution is 2.37. The monoisotopic (exact) mass is 205 g/mol. The molecule has 0 amide bonds. The van der Waals surface area contributed by atoms with Gasteiger partial charge in [-0.25, -0.2) is 0 Å². The molecule has 0 saturated carbocycles. The van der Waals surface area contributed by atoms with Gasteiger partial charge in [-0.05, 0) is 0 Å². The zero-order valence-electron chi connectivity index (χ0n) is 7.48. The molecule has 0 radical (unpaired) electrons. The molecule has 13 heavy (non-hydrogen) atoms. The summed E-state index contributed by atoms with van der Waals surface area (Å²) in [5.74, 6) is 0. The van der Waals surface area contributed by atoms with E-state index in [1.54, 1.807) is 0 Å². The molecule has 0 aromatic heterocycles. The zero-order valence-corrected chi connectivity index (χ0v) is 8.30. The fraction of sp³-hybridized carbons (Fsp3) is 0.857. The van der Waals surface area contributed by atoms with Gasteiger partial charge < -0.3 is 4.74 Å². The van der Waals surface area contributed by atoms with E-state index in [0.29, 0.717) is 13.2 Å². The maximum Gasteiger partial charge on any atom is 0.229 e. The van der Waals surface area contributed by atoms with Crippen molar-refractivity contribution in [3.8, 4) is 0 Å². The second kappa shape index (κ2) is 3.63. The highest BCUT2D eigenvalue weighted by Gasteiger charge is 2.52. The third-order valence-electron chi connectivity index (χ3n) is 2.12. The second-order valence-electron chi connectivity index (χ2n) is 3.11. The number of nitro groups is 1. The normalized spacial score (nSPS) is 21.7. The van der Waals surface area contributed by atoms with Crippen LogP contribution < -0.4 is 0 Å². The molecule has 5 nitrogen and oxygen atoms in total. The third-order valence-corrected chi connectivity index (χ3v) is 3.39. The summed E-state index contributed by atoms with van der Waals surface area (Å²) in [5, 5.41) is 10.4. The number of thioether (sulfide) groups is 1. The van der Waals surface area contributed by atoms with E-state index >= 15 is 0 Å². The molecule has 1 saturated heterocycles. The van der Waals surface area contributed by atoms with Crippen LogP contribution in [-0.2, 0) is 9.53 Å². The standard InChI is InChI=1S/C7H11NO4S/c1-5(8(10)11)7(3-12-4-7)13-6(2)9/h5H,3-4H2,1-2H3/t5-/m1/s1. The van der Waals surface area contributed by atoms with Gasteiger partial charge in [0.2, 0.25) is 6.04 Å². The summed E-state index contributed by atoms with van der Waals surface area (Å²) in [7, 11) is 0. The number of carbonyl (C=O) groups excluding carboxylic acids is 1. The van der Waals surface area contributed by atoms with Crippen molar-refractivity contribution in [2.75, 3.05) is 13.2 Å². The van der Waals surface area contributed by atoms with Crippen LogP contribution in [0.1, 0.15) is 13.8 Å². The molecule has 0 aromatic rings. The Bertz CT molecular complexity index is 239. The maximum atomic E-state index is 10.9. The quantitative estimate of drug-likeness (QED) is 0.501. The largest absolute Gasteiger partial charge is 0.378 e. The Hall–Kier alpha value is -0.620. The van der Waals surface area contributed by atoms with Gasteiger partial charge >= 0.3 is 0 Å². The van der Waals surface area contributed by atoms with Crippen molar-refractivity contribution in [2.24, 2.45) is 0 Å². The fourth-order valence-electron chi connectivity index (χ4n) is 1.17. The minimum atomic E-state index is -0.741. The summed E-state index contributed by atoms with van der Waals surface area (Å²) in [6, 6.07) is -0.741. The van der Waals surface area contributed by atoms with E-state index in [0.717, 1.165) is 11.8 Å². The number of rotatable bonds is 3. The van der Waals surface area contributed by atoms with Gasteiger partial charge in [0.15, 0.2) is 5.12 Å². The van der Waals surface area contributed by atoms with E-state index in [4.69, 9.17) is 4.74 Å². The van der Waals surface area contributed by atoms with Gasteiger partial charge in [-0.3, -0.25) is 14.9 Å². The van der Waals surface area contributed by atoms with Gasteiger partial charge in [0.25, 0.3) is 0 Å². The Morgan fingerprint density at radius 3 is 2.46 bits per heavy atom. The van der Waals surface area contributed by atoms with Crippen LogP contribution in [0, 0.1) is 10.1 Å². The first-order chi connectivity index (χ1) is 5.98. The topological polar surface area (TPSA) is 69.4 Å². The van der Waals surface area contributed by atoms with Crippen LogP contribution in [0.15, 0.2) is 0 Å². The summed E-state index contributed by atoms with van der Waals surface area (Å²) in [6.07, 6.45) is 0. The number of carbonyl (C=O) groups is 1. The van der Waals surface area contributed by atoms with E-state index in [-0.39, 0.29) is 10.0 Å². The molecule has 1 fully saturated rings. The van der Waals surface area contributed by atoms with Crippen molar-refractivity contribution < 1.29 is 14.5 Å². The van der Waals surface area contributed by atoms with Gasteiger partial charge in [0.05, 0.1) is 13.2 Å². The van der Waals surface area contributed by atoms with Gasteiger partial charge in [0, 0.05) is 18.8 Å². The van der Waals surface area contributed by atoms with E-state index in [1.165, 1.54) is 13.8 Å². The molecule has 1 aliphatic rings. The molecule has 1 atom stereocenters. The molecule has 0 unspecified atom stereocenters. The predicted molar refractivity (Wildman–Crippen MR) is 48.3 cm³/mol. The van der Waals surface area contributed by atoms with Crippen LogP contribution in [0.5, 0.6) is 0 Å². The number of ether oxygens (including phenoxy) is 1. The first-order valence-electron chi connectivity index (χ1n) is 3.89. The number of nitrogens with zero attached hydrogens (tertiary/aromatic N) is 1. The van der Waals surface area contributed by atoms with Crippen molar-refractivity contribution in [1.82, 2.24) is 0 Å². The molecule has 1 heterocycles. The molecule has 6 heteroatoms. The lowest BCUT2D eigenvalue weighted by Crippen LogP contribution is -2.57. The molecule has 0 bridgehead atoms. The first-order valence-corrected chi connectivity index (χ1v) is 4.70. The summed E-state index contributed by atoms with van der Waals surface area (Å²) >= 11 is 1.02. The van der Waals surface area contributed by atoms with Gasteiger partial charge in [0.1, 0.15) is 4.75 Å². The minimum absolute atomic E-state index is 0.1000. The predicted octanol–water partition coefficient (Wildman–Crippen LogP) is 0.700. The van der Waals surface area contributed by atoms with Gasteiger partial charge in [-0.15, -0.1) is 0 Å².